The monoisotopic (exact) mass is 342 g/mol. The predicted molar refractivity (Wildman–Crippen MR) is 96.3 cm³/mol. The summed E-state index contributed by atoms with van der Waals surface area (Å²) in [7, 11) is 0. The van der Waals surface area contributed by atoms with Crippen molar-refractivity contribution in [3.63, 3.8) is 0 Å². The first-order chi connectivity index (χ1) is 11.6. The minimum Gasteiger partial charge on any atom is -0.326 e. The van der Waals surface area contributed by atoms with E-state index in [4.69, 9.17) is 0 Å². The number of anilines is 1. The standard InChI is InChI=1S/C18H22N4OS/c1-12-10-13(2)21-18(20-12)24-16-7-5-14(6-8-16)22-17(23)11-15-4-3-9-19-15/h5-8,10,15,19H,3-4,9,11H2,1-2H3,(H,22,23). The lowest BCUT2D eigenvalue weighted by Gasteiger charge is -2.10. The summed E-state index contributed by atoms with van der Waals surface area (Å²) in [6.45, 7) is 4.96. The van der Waals surface area contributed by atoms with Crippen molar-refractivity contribution in [2.75, 3.05) is 11.9 Å². The van der Waals surface area contributed by atoms with Gasteiger partial charge >= 0.3 is 0 Å². The fourth-order valence-corrected chi connectivity index (χ4v) is 3.68. The Labute approximate surface area is 146 Å². The zero-order valence-corrected chi connectivity index (χ0v) is 14.8. The third-order valence-electron chi connectivity index (χ3n) is 3.90. The Morgan fingerprint density at radius 1 is 1.25 bits per heavy atom. The van der Waals surface area contributed by atoms with E-state index in [-0.39, 0.29) is 5.91 Å². The number of carbonyl (C=O) groups excluding carboxylic acids is 1. The number of benzene rings is 1. The maximum Gasteiger partial charge on any atom is 0.225 e. The van der Waals surface area contributed by atoms with E-state index in [9.17, 15) is 4.79 Å². The van der Waals surface area contributed by atoms with Crippen LogP contribution in [0.25, 0.3) is 0 Å². The van der Waals surface area contributed by atoms with Crippen LogP contribution in [0.5, 0.6) is 0 Å². The van der Waals surface area contributed by atoms with Crippen molar-refractivity contribution in [3.05, 3.63) is 41.7 Å². The van der Waals surface area contributed by atoms with Crippen molar-refractivity contribution in [3.8, 4) is 0 Å². The summed E-state index contributed by atoms with van der Waals surface area (Å²) in [6.07, 6.45) is 2.77. The molecule has 0 bridgehead atoms. The fourth-order valence-electron chi connectivity index (χ4n) is 2.82. The number of carbonyl (C=O) groups is 1. The van der Waals surface area contributed by atoms with Gasteiger partial charge < -0.3 is 10.6 Å². The van der Waals surface area contributed by atoms with E-state index < -0.39 is 0 Å². The molecule has 3 rings (SSSR count). The summed E-state index contributed by atoms with van der Waals surface area (Å²) in [4.78, 5) is 22.0. The van der Waals surface area contributed by atoms with Crippen LogP contribution in [-0.2, 0) is 4.79 Å². The van der Waals surface area contributed by atoms with Gasteiger partial charge in [0.2, 0.25) is 5.91 Å². The van der Waals surface area contributed by atoms with Crippen LogP contribution in [0.3, 0.4) is 0 Å². The minimum atomic E-state index is 0.0624. The van der Waals surface area contributed by atoms with Crippen LogP contribution in [0, 0.1) is 13.8 Å². The van der Waals surface area contributed by atoms with Crippen molar-refractivity contribution in [2.24, 2.45) is 0 Å². The predicted octanol–water partition coefficient (Wildman–Crippen LogP) is 3.33. The molecule has 1 saturated heterocycles. The molecule has 0 aliphatic carbocycles. The van der Waals surface area contributed by atoms with E-state index in [1.807, 2.05) is 44.2 Å². The molecule has 126 valence electrons. The molecular formula is C18H22N4OS. The van der Waals surface area contributed by atoms with Gasteiger partial charge in [0, 0.05) is 34.4 Å². The molecule has 1 aromatic carbocycles. The van der Waals surface area contributed by atoms with Gasteiger partial charge in [0.05, 0.1) is 0 Å². The maximum absolute atomic E-state index is 12.0. The highest BCUT2D eigenvalue weighted by molar-refractivity contribution is 7.99. The Morgan fingerprint density at radius 2 is 1.96 bits per heavy atom. The number of nitrogens with zero attached hydrogens (tertiary/aromatic N) is 2. The molecule has 6 heteroatoms. The number of hydrogen-bond acceptors (Lipinski definition) is 5. The van der Waals surface area contributed by atoms with Crippen LogP contribution in [0.2, 0.25) is 0 Å². The molecule has 24 heavy (non-hydrogen) atoms. The van der Waals surface area contributed by atoms with Gasteiger partial charge in [-0.05, 0) is 75.3 Å². The van der Waals surface area contributed by atoms with Crippen LogP contribution in [0.15, 0.2) is 40.4 Å². The zero-order valence-electron chi connectivity index (χ0n) is 14.0. The summed E-state index contributed by atoms with van der Waals surface area (Å²) in [5.41, 5.74) is 2.76. The molecule has 2 aromatic rings. The highest BCUT2D eigenvalue weighted by atomic mass is 32.2. The lowest BCUT2D eigenvalue weighted by atomic mass is 10.1. The molecule has 2 heterocycles. The first kappa shape index (κ1) is 16.9. The smallest absolute Gasteiger partial charge is 0.225 e. The molecule has 1 atom stereocenters. The van der Waals surface area contributed by atoms with Gasteiger partial charge in [0.1, 0.15) is 0 Å². The summed E-state index contributed by atoms with van der Waals surface area (Å²) in [5, 5.41) is 7.05. The molecule has 0 radical (unpaired) electrons. The van der Waals surface area contributed by atoms with Gasteiger partial charge in [-0.1, -0.05) is 0 Å². The highest BCUT2D eigenvalue weighted by Gasteiger charge is 2.17. The second-order valence-electron chi connectivity index (χ2n) is 6.11. The SMILES string of the molecule is Cc1cc(C)nc(Sc2ccc(NC(=O)CC3CCCN3)cc2)n1. The van der Waals surface area contributed by atoms with Gasteiger partial charge in [0.15, 0.2) is 5.16 Å². The lowest BCUT2D eigenvalue weighted by molar-refractivity contribution is -0.116. The first-order valence-electron chi connectivity index (χ1n) is 8.22. The van der Waals surface area contributed by atoms with E-state index in [0.717, 1.165) is 46.5 Å². The van der Waals surface area contributed by atoms with E-state index in [1.54, 1.807) is 0 Å². The summed E-state index contributed by atoms with van der Waals surface area (Å²) >= 11 is 1.52. The van der Waals surface area contributed by atoms with Gasteiger partial charge in [-0.3, -0.25) is 4.79 Å². The number of rotatable bonds is 5. The summed E-state index contributed by atoms with van der Waals surface area (Å²) in [5.74, 6) is 0.0624. The molecule has 1 aliphatic rings. The van der Waals surface area contributed by atoms with Gasteiger partial charge in [0.25, 0.3) is 0 Å². The Kier molecular flexibility index (Phi) is 5.48. The van der Waals surface area contributed by atoms with Crippen molar-refractivity contribution in [1.29, 1.82) is 0 Å². The molecule has 0 spiro atoms. The van der Waals surface area contributed by atoms with E-state index in [2.05, 4.69) is 20.6 Å². The number of aryl methyl sites for hydroxylation is 2. The third-order valence-corrected chi connectivity index (χ3v) is 4.78. The fraction of sp³-hybridized carbons (Fsp3) is 0.389. The molecule has 1 fully saturated rings. The Morgan fingerprint density at radius 3 is 2.58 bits per heavy atom. The molecule has 0 saturated carbocycles. The molecule has 1 amide bonds. The maximum atomic E-state index is 12.0. The Bertz CT molecular complexity index is 691. The number of amides is 1. The van der Waals surface area contributed by atoms with Crippen molar-refractivity contribution >= 4 is 23.4 Å². The zero-order chi connectivity index (χ0) is 16.9. The second-order valence-corrected chi connectivity index (χ2v) is 7.15. The van der Waals surface area contributed by atoms with Gasteiger partial charge in [-0.2, -0.15) is 0 Å². The average Bonchev–Trinajstić information content (AvgIpc) is 3.01. The number of nitrogens with one attached hydrogen (secondary N) is 2. The molecule has 1 unspecified atom stereocenters. The normalized spacial score (nSPS) is 17.0. The quantitative estimate of drug-likeness (QED) is 0.816. The Hall–Kier alpha value is -1.92. The van der Waals surface area contributed by atoms with Gasteiger partial charge in [-0.15, -0.1) is 0 Å². The number of hydrogen-bond donors (Lipinski definition) is 2. The first-order valence-corrected chi connectivity index (χ1v) is 9.03. The highest BCUT2D eigenvalue weighted by Crippen LogP contribution is 2.26. The molecule has 2 N–H and O–H groups in total. The minimum absolute atomic E-state index is 0.0624. The van der Waals surface area contributed by atoms with E-state index in [1.165, 1.54) is 11.8 Å². The van der Waals surface area contributed by atoms with Crippen molar-refractivity contribution in [2.45, 2.75) is 49.2 Å². The molecule has 1 aliphatic heterocycles. The third kappa shape index (κ3) is 4.79. The van der Waals surface area contributed by atoms with Crippen LogP contribution in [0.4, 0.5) is 5.69 Å². The largest absolute Gasteiger partial charge is 0.326 e. The van der Waals surface area contributed by atoms with Crippen LogP contribution < -0.4 is 10.6 Å². The summed E-state index contributed by atoms with van der Waals surface area (Å²) in [6, 6.07) is 10.1. The van der Waals surface area contributed by atoms with Crippen LogP contribution in [-0.4, -0.2) is 28.5 Å². The van der Waals surface area contributed by atoms with E-state index >= 15 is 0 Å². The summed E-state index contributed by atoms with van der Waals surface area (Å²) < 4.78 is 0. The van der Waals surface area contributed by atoms with Crippen LogP contribution >= 0.6 is 11.8 Å². The molecular weight excluding hydrogens is 320 g/mol. The van der Waals surface area contributed by atoms with E-state index in [0.29, 0.717) is 12.5 Å². The molecule has 1 aromatic heterocycles. The van der Waals surface area contributed by atoms with Crippen LogP contribution in [0.1, 0.15) is 30.7 Å². The second kappa shape index (κ2) is 7.77. The average molecular weight is 342 g/mol. The van der Waals surface area contributed by atoms with Crippen molar-refractivity contribution in [1.82, 2.24) is 15.3 Å². The van der Waals surface area contributed by atoms with Gasteiger partial charge in [-0.25, -0.2) is 9.97 Å². The van der Waals surface area contributed by atoms with Crippen molar-refractivity contribution < 1.29 is 4.79 Å². The topological polar surface area (TPSA) is 66.9 Å². The molecule has 5 nitrogen and oxygen atoms in total. The number of aromatic nitrogens is 2. The Balaban J connectivity index is 1.57. The lowest BCUT2D eigenvalue weighted by Crippen LogP contribution is -2.27.